The van der Waals surface area contributed by atoms with Crippen molar-refractivity contribution in [1.82, 2.24) is 4.98 Å². The van der Waals surface area contributed by atoms with E-state index < -0.39 is 5.82 Å². The van der Waals surface area contributed by atoms with Crippen molar-refractivity contribution in [1.29, 1.82) is 0 Å². The number of fused-ring (bicyclic) bond motifs is 1. The molecule has 1 aliphatic rings. The average Bonchev–Trinajstić information content (AvgIpc) is 3.17. The molecule has 0 radical (unpaired) electrons. The normalized spacial score (nSPS) is 12.5. The van der Waals surface area contributed by atoms with Crippen LogP contribution in [0.5, 0.6) is 17.2 Å². The number of anilines is 1. The molecule has 0 spiro atoms. The quantitative estimate of drug-likeness (QED) is 0.576. The molecule has 0 bridgehead atoms. The summed E-state index contributed by atoms with van der Waals surface area (Å²) in [4.78, 5) is 16.8. The Labute approximate surface area is 178 Å². The minimum Gasteiger partial charge on any atom is -0.494 e. The molecule has 0 atom stereocenters. The highest BCUT2D eigenvalue weighted by atomic mass is 79.9. The van der Waals surface area contributed by atoms with Gasteiger partial charge in [-0.05, 0) is 35.9 Å². The minimum atomic E-state index is -0.466. The molecule has 29 heavy (non-hydrogen) atoms. The zero-order valence-electron chi connectivity index (χ0n) is 15.3. The second-order valence-electron chi connectivity index (χ2n) is 6.20. The molecule has 3 aromatic rings. The van der Waals surface area contributed by atoms with Crippen LogP contribution in [0.3, 0.4) is 0 Å². The van der Waals surface area contributed by atoms with Crippen LogP contribution in [0, 0.1) is 5.82 Å². The second kappa shape index (κ2) is 8.38. The lowest BCUT2D eigenvalue weighted by atomic mass is 10.1. The van der Waals surface area contributed by atoms with E-state index in [4.69, 9.17) is 14.2 Å². The van der Waals surface area contributed by atoms with Gasteiger partial charge in [-0.3, -0.25) is 4.79 Å². The molecule has 4 rings (SSSR count). The Bertz CT molecular complexity index is 1070. The number of amides is 1. The highest BCUT2D eigenvalue weighted by Gasteiger charge is 2.17. The predicted molar refractivity (Wildman–Crippen MR) is 112 cm³/mol. The maximum atomic E-state index is 13.9. The van der Waals surface area contributed by atoms with Gasteiger partial charge in [0.25, 0.3) is 0 Å². The van der Waals surface area contributed by atoms with Gasteiger partial charge in [0.05, 0.1) is 19.2 Å². The molecule has 0 unspecified atom stereocenters. The van der Waals surface area contributed by atoms with Gasteiger partial charge in [0, 0.05) is 15.4 Å². The van der Waals surface area contributed by atoms with Gasteiger partial charge in [-0.2, -0.15) is 0 Å². The number of carbonyl (C=O) groups is 1. The first-order valence-corrected chi connectivity index (χ1v) is 10.4. The summed E-state index contributed by atoms with van der Waals surface area (Å²) >= 11 is 4.74. The summed E-state index contributed by atoms with van der Waals surface area (Å²) in [6.07, 6.45) is 0.142. The van der Waals surface area contributed by atoms with Crippen molar-refractivity contribution >= 4 is 38.3 Å². The van der Waals surface area contributed by atoms with Crippen LogP contribution in [0.15, 0.2) is 40.2 Å². The lowest BCUT2D eigenvalue weighted by molar-refractivity contribution is -0.115. The molecule has 0 aliphatic carbocycles. The number of benzene rings is 2. The van der Waals surface area contributed by atoms with Crippen LogP contribution < -0.4 is 19.5 Å². The maximum absolute atomic E-state index is 13.9. The van der Waals surface area contributed by atoms with E-state index in [-0.39, 0.29) is 18.1 Å². The third-order valence-corrected chi connectivity index (χ3v) is 5.76. The van der Waals surface area contributed by atoms with Crippen molar-refractivity contribution in [2.45, 2.75) is 6.42 Å². The monoisotopic (exact) mass is 478 g/mol. The third kappa shape index (κ3) is 4.35. The fourth-order valence-corrected chi connectivity index (χ4v) is 4.07. The Morgan fingerprint density at radius 3 is 2.76 bits per heavy atom. The number of carbonyl (C=O) groups excluding carboxylic acids is 1. The molecular formula is C20H16BrFN2O4S. The molecule has 9 heteroatoms. The summed E-state index contributed by atoms with van der Waals surface area (Å²) in [6.45, 7) is 0.984. The van der Waals surface area contributed by atoms with Crippen LogP contribution in [-0.4, -0.2) is 31.2 Å². The minimum absolute atomic E-state index is 0.142. The molecule has 0 fully saturated rings. The highest BCUT2D eigenvalue weighted by molar-refractivity contribution is 9.10. The van der Waals surface area contributed by atoms with Crippen molar-refractivity contribution in [3.05, 3.63) is 51.6 Å². The molecule has 150 valence electrons. The summed E-state index contributed by atoms with van der Waals surface area (Å²) in [5, 5.41) is 4.98. The van der Waals surface area contributed by atoms with Gasteiger partial charge in [-0.25, -0.2) is 9.37 Å². The number of hydrogen-bond donors (Lipinski definition) is 1. The van der Waals surface area contributed by atoms with Crippen LogP contribution >= 0.6 is 27.3 Å². The third-order valence-electron chi connectivity index (χ3n) is 4.26. The molecule has 0 saturated heterocycles. The second-order valence-corrected chi connectivity index (χ2v) is 7.91. The number of rotatable bonds is 5. The summed E-state index contributed by atoms with van der Waals surface area (Å²) < 4.78 is 30.7. The van der Waals surface area contributed by atoms with Crippen molar-refractivity contribution in [3.63, 3.8) is 0 Å². The summed E-state index contributed by atoms with van der Waals surface area (Å²) in [6, 6.07) is 8.21. The van der Waals surface area contributed by atoms with Crippen molar-refractivity contribution in [2.24, 2.45) is 0 Å². The Morgan fingerprint density at radius 1 is 1.28 bits per heavy atom. The van der Waals surface area contributed by atoms with E-state index >= 15 is 0 Å². The molecule has 6 nitrogen and oxygen atoms in total. The first kappa shape index (κ1) is 19.7. The van der Waals surface area contributed by atoms with Gasteiger partial charge >= 0.3 is 0 Å². The summed E-state index contributed by atoms with van der Waals surface area (Å²) in [5.41, 5.74) is 1.96. The van der Waals surface area contributed by atoms with Gasteiger partial charge < -0.3 is 19.5 Å². The van der Waals surface area contributed by atoms with Crippen LogP contribution in [0.25, 0.3) is 11.3 Å². The SMILES string of the molecule is COc1ccc(-c2csc(NC(=O)Cc3cc4c(cc3Br)OCCO4)n2)cc1F. The van der Waals surface area contributed by atoms with E-state index in [1.165, 1.54) is 24.5 Å². The van der Waals surface area contributed by atoms with E-state index in [2.05, 4.69) is 26.2 Å². The molecule has 1 N–H and O–H groups in total. The van der Waals surface area contributed by atoms with Crippen LogP contribution in [-0.2, 0) is 11.2 Å². The Morgan fingerprint density at radius 2 is 2.03 bits per heavy atom. The average molecular weight is 479 g/mol. The van der Waals surface area contributed by atoms with Crippen molar-refractivity contribution in [2.75, 3.05) is 25.6 Å². The summed E-state index contributed by atoms with van der Waals surface area (Å²) in [7, 11) is 1.41. The Kier molecular flexibility index (Phi) is 5.68. The van der Waals surface area contributed by atoms with Gasteiger partial charge in [0.2, 0.25) is 5.91 Å². The smallest absolute Gasteiger partial charge is 0.230 e. The van der Waals surface area contributed by atoms with Crippen molar-refractivity contribution in [3.8, 4) is 28.5 Å². The Balaban J connectivity index is 1.45. The van der Waals surface area contributed by atoms with Gasteiger partial charge in [0.1, 0.15) is 13.2 Å². The van der Waals surface area contributed by atoms with E-state index in [9.17, 15) is 9.18 Å². The molecule has 2 heterocycles. The number of aromatic nitrogens is 1. The largest absolute Gasteiger partial charge is 0.494 e. The lowest BCUT2D eigenvalue weighted by Gasteiger charge is -2.19. The fourth-order valence-electron chi connectivity index (χ4n) is 2.87. The molecule has 1 aliphatic heterocycles. The molecule has 2 aromatic carbocycles. The highest BCUT2D eigenvalue weighted by Crippen LogP contribution is 2.36. The number of halogens is 2. The fraction of sp³-hybridized carbons (Fsp3) is 0.200. The summed E-state index contributed by atoms with van der Waals surface area (Å²) in [5.74, 6) is 0.766. The van der Waals surface area contributed by atoms with E-state index in [1.54, 1.807) is 29.6 Å². The van der Waals surface area contributed by atoms with E-state index in [0.29, 0.717) is 41.1 Å². The van der Waals surface area contributed by atoms with Gasteiger partial charge in [-0.15, -0.1) is 11.3 Å². The van der Waals surface area contributed by atoms with E-state index in [0.717, 1.165) is 10.0 Å². The lowest BCUT2D eigenvalue weighted by Crippen LogP contribution is -2.17. The molecule has 1 amide bonds. The maximum Gasteiger partial charge on any atom is 0.230 e. The zero-order chi connectivity index (χ0) is 20.4. The number of ether oxygens (including phenoxy) is 3. The van der Waals surface area contributed by atoms with Crippen LogP contribution in [0.1, 0.15) is 5.56 Å². The Hall–Kier alpha value is -2.65. The standard InChI is InChI=1S/C20H16BrFN2O4S/c1-26-16-3-2-11(6-14(16)22)15-10-29-20(23-15)24-19(25)8-12-7-17-18(9-13(12)21)28-5-4-27-17/h2-3,6-7,9-10H,4-5,8H2,1H3,(H,23,24,25). The first-order valence-electron chi connectivity index (χ1n) is 8.71. The first-order chi connectivity index (χ1) is 14.0. The van der Waals surface area contributed by atoms with Gasteiger partial charge in [0.15, 0.2) is 28.2 Å². The number of nitrogens with one attached hydrogen (secondary N) is 1. The predicted octanol–water partition coefficient (Wildman–Crippen LogP) is 4.67. The topological polar surface area (TPSA) is 69.7 Å². The van der Waals surface area contributed by atoms with Gasteiger partial charge in [-0.1, -0.05) is 15.9 Å². The zero-order valence-corrected chi connectivity index (χ0v) is 17.7. The number of methoxy groups -OCH3 is 1. The number of thiazole rings is 1. The number of hydrogen-bond acceptors (Lipinski definition) is 6. The van der Waals surface area contributed by atoms with Crippen LogP contribution in [0.4, 0.5) is 9.52 Å². The van der Waals surface area contributed by atoms with Crippen molar-refractivity contribution < 1.29 is 23.4 Å². The molecule has 1 aromatic heterocycles. The molecular weight excluding hydrogens is 463 g/mol. The number of nitrogens with zero attached hydrogens (tertiary/aromatic N) is 1. The van der Waals surface area contributed by atoms with E-state index in [1.807, 2.05) is 0 Å². The molecule has 0 saturated carbocycles. The van der Waals surface area contributed by atoms with Crippen LogP contribution in [0.2, 0.25) is 0 Å².